The normalized spacial score (nSPS) is 23.1. The second kappa shape index (κ2) is 11.9. The van der Waals surface area contributed by atoms with Crippen LogP contribution in [0.5, 0.6) is 0 Å². The van der Waals surface area contributed by atoms with E-state index in [4.69, 9.17) is 19.6 Å². The fourth-order valence-electron chi connectivity index (χ4n) is 4.54. The van der Waals surface area contributed by atoms with E-state index in [2.05, 4.69) is 55.4 Å². The van der Waals surface area contributed by atoms with Gasteiger partial charge in [-0.25, -0.2) is 9.78 Å². The molecule has 0 saturated heterocycles. The summed E-state index contributed by atoms with van der Waals surface area (Å²) in [7, 11) is 0. The van der Waals surface area contributed by atoms with Crippen LogP contribution in [0.1, 0.15) is 126 Å². The van der Waals surface area contributed by atoms with E-state index in [-0.39, 0.29) is 17.1 Å². The molecule has 1 fully saturated rings. The van der Waals surface area contributed by atoms with Gasteiger partial charge in [0.1, 0.15) is 11.2 Å². The largest absolute Gasteiger partial charge is 0.236 e. The molecule has 0 aliphatic heterocycles. The molecule has 1 aliphatic rings. The zero-order chi connectivity index (χ0) is 21.3. The van der Waals surface area contributed by atoms with Crippen molar-refractivity contribution >= 4 is 0 Å². The molecule has 28 heavy (non-hydrogen) atoms. The van der Waals surface area contributed by atoms with E-state index in [9.17, 15) is 0 Å². The maximum absolute atomic E-state index is 6.27. The van der Waals surface area contributed by atoms with Crippen LogP contribution in [-0.2, 0) is 19.6 Å². The van der Waals surface area contributed by atoms with Crippen LogP contribution in [0.2, 0.25) is 0 Å². The molecule has 168 valence electrons. The first kappa shape index (κ1) is 25.9. The van der Waals surface area contributed by atoms with Gasteiger partial charge in [0, 0.05) is 12.3 Å². The van der Waals surface area contributed by atoms with Gasteiger partial charge in [-0.3, -0.25) is 0 Å². The summed E-state index contributed by atoms with van der Waals surface area (Å²) in [6.07, 6.45) is 10.9. The van der Waals surface area contributed by atoms with Gasteiger partial charge in [-0.15, -0.1) is 0 Å². The predicted molar refractivity (Wildman–Crippen MR) is 116 cm³/mol. The first-order valence-corrected chi connectivity index (χ1v) is 12.0. The summed E-state index contributed by atoms with van der Waals surface area (Å²) in [5.74, 6) is -0.0783. The fourth-order valence-corrected chi connectivity index (χ4v) is 4.54. The van der Waals surface area contributed by atoms with Crippen molar-refractivity contribution in [1.29, 1.82) is 0 Å². The molecule has 0 N–H and O–H groups in total. The lowest BCUT2D eigenvalue weighted by atomic mass is 9.79. The third-order valence-electron chi connectivity index (χ3n) is 7.18. The van der Waals surface area contributed by atoms with E-state index in [1.54, 1.807) is 0 Å². The van der Waals surface area contributed by atoms with Gasteiger partial charge in [-0.1, -0.05) is 74.7 Å². The van der Waals surface area contributed by atoms with E-state index >= 15 is 0 Å². The van der Waals surface area contributed by atoms with Gasteiger partial charge in [0.25, 0.3) is 0 Å². The molecule has 0 aromatic heterocycles. The van der Waals surface area contributed by atoms with E-state index in [0.717, 1.165) is 64.2 Å². The summed E-state index contributed by atoms with van der Waals surface area (Å²) in [5, 5.41) is 0. The van der Waals surface area contributed by atoms with Crippen molar-refractivity contribution in [1.82, 2.24) is 0 Å². The molecule has 0 heterocycles. The van der Waals surface area contributed by atoms with Crippen LogP contribution in [0.25, 0.3) is 0 Å². The second-order valence-electron chi connectivity index (χ2n) is 9.21. The van der Waals surface area contributed by atoms with E-state index < -0.39 is 5.79 Å². The Bertz CT molecular complexity index is 389. The molecule has 0 amide bonds. The van der Waals surface area contributed by atoms with Crippen LogP contribution < -0.4 is 0 Å². The van der Waals surface area contributed by atoms with Gasteiger partial charge in [0.05, 0.1) is 0 Å². The second-order valence-corrected chi connectivity index (χ2v) is 9.21. The Balaban J connectivity index is 3.03. The molecule has 1 saturated carbocycles. The molecule has 0 spiro atoms. The summed E-state index contributed by atoms with van der Waals surface area (Å²) >= 11 is 0. The maximum atomic E-state index is 6.27. The van der Waals surface area contributed by atoms with Gasteiger partial charge < -0.3 is 0 Å². The Morgan fingerprint density at radius 3 is 1.50 bits per heavy atom. The van der Waals surface area contributed by atoms with Crippen molar-refractivity contribution in [3.8, 4) is 0 Å². The highest BCUT2D eigenvalue weighted by molar-refractivity contribution is 4.85. The number of hydrogen-bond donors (Lipinski definition) is 0. The van der Waals surface area contributed by atoms with Crippen molar-refractivity contribution in [3.63, 3.8) is 0 Å². The smallest absolute Gasteiger partial charge is 0.227 e. The van der Waals surface area contributed by atoms with Crippen LogP contribution in [0.15, 0.2) is 0 Å². The minimum absolute atomic E-state index is 0.227. The molecule has 0 radical (unpaired) electrons. The lowest BCUT2D eigenvalue weighted by Gasteiger charge is -2.45. The summed E-state index contributed by atoms with van der Waals surface area (Å²) in [6, 6.07) is 0. The molecule has 0 bridgehead atoms. The Labute approximate surface area is 174 Å². The monoisotopic (exact) mass is 400 g/mol. The summed E-state index contributed by atoms with van der Waals surface area (Å²) in [4.78, 5) is 25.0. The average Bonchev–Trinajstić information content (AvgIpc) is 2.71. The predicted octanol–water partition coefficient (Wildman–Crippen LogP) is 7.75. The molecule has 4 heteroatoms. The molecule has 2 atom stereocenters. The molecule has 2 unspecified atom stereocenters. The van der Waals surface area contributed by atoms with Gasteiger partial charge in [0.15, 0.2) is 0 Å². The molecular formula is C24H48O4. The molecule has 0 aromatic carbocycles. The maximum Gasteiger partial charge on any atom is 0.236 e. The van der Waals surface area contributed by atoms with Crippen molar-refractivity contribution in [2.45, 2.75) is 143 Å². The minimum Gasteiger partial charge on any atom is -0.227 e. The lowest BCUT2D eigenvalue weighted by molar-refractivity contribution is -0.563. The van der Waals surface area contributed by atoms with Crippen LogP contribution in [-0.4, -0.2) is 17.0 Å². The van der Waals surface area contributed by atoms with Crippen molar-refractivity contribution in [2.24, 2.45) is 11.8 Å². The first-order chi connectivity index (χ1) is 13.3. The Morgan fingerprint density at radius 1 is 0.714 bits per heavy atom. The van der Waals surface area contributed by atoms with Gasteiger partial charge >= 0.3 is 0 Å². The van der Waals surface area contributed by atoms with E-state index in [0.29, 0.717) is 5.92 Å². The van der Waals surface area contributed by atoms with Crippen LogP contribution in [0, 0.1) is 11.8 Å². The number of rotatable bonds is 14. The van der Waals surface area contributed by atoms with Crippen LogP contribution >= 0.6 is 0 Å². The van der Waals surface area contributed by atoms with Gasteiger partial charge in [0.2, 0.25) is 5.79 Å². The SMILES string of the molecule is CCCC(CC)(CC)OOC1(OOC(CC)(CC)CCC)CC(C)CCC1C. The zero-order valence-electron chi connectivity index (χ0n) is 20.1. The Morgan fingerprint density at radius 2 is 1.14 bits per heavy atom. The lowest BCUT2D eigenvalue weighted by Crippen LogP contribution is -2.51. The molecule has 1 rings (SSSR count). The fraction of sp³-hybridized carbons (Fsp3) is 1.00. The molecule has 0 aromatic rings. The standard InChI is InChI=1S/C24H48O4/c1-9-17-22(11-3,12-4)25-27-24(19-20(7)15-16-21(24)8)28-26-23(13-5,14-6)18-10-2/h20-21H,9-19H2,1-8H3. The zero-order valence-corrected chi connectivity index (χ0v) is 20.1. The summed E-state index contributed by atoms with van der Waals surface area (Å²) in [5.41, 5.74) is -0.497. The summed E-state index contributed by atoms with van der Waals surface area (Å²) in [6.45, 7) is 17.6. The average molecular weight is 401 g/mol. The third-order valence-corrected chi connectivity index (χ3v) is 7.18. The van der Waals surface area contributed by atoms with Gasteiger partial charge in [-0.2, -0.15) is 9.78 Å². The quantitative estimate of drug-likeness (QED) is 0.170. The third kappa shape index (κ3) is 6.42. The van der Waals surface area contributed by atoms with Gasteiger partial charge in [-0.05, 0) is 50.9 Å². The topological polar surface area (TPSA) is 36.9 Å². The Kier molecular flexibility index (Phi) is 11.0. The summed E-state index contributed by atoms with van der Waals surface area (Å²) < 4.78 is 0. The Hall–Kier alpha value is -0.160. The first-order valence-electron chi connectivity index (χ1n) is 12.0. The highest BCUT2D eigenvalue weighted by Crippen LogP contribution is 2.44. The molecule has 4 nitrogen and oxygen atoms in total. The van der Waals surface area contributed by atoms with Crippen molar-refractivity contribution in [3.05, 3.63) is 0 Å². The minimum atomic E-state index is -0.829. The molecule has 1 aliphatic carbocycles. The number of hydrogen-bond acceptors (Lipinski definition) is 4. The van der Waals surface area contributed by atoms with E-state index in [1.807, 2.05) is 0 Å². The van der Waals surface area contributed by atoms with Crippen LogP contribution in [0.3, 0.4) is 0 Å². The van der Waals surface area contributed by atoms with Crippen molar-refractivity contribution in [2.75, 3.05) is 0 Å². The highest BCUT2D eigenvalue weighted by atomic mass is 17.3. The molecular weight excluding hydrogens is 352 g/mol. The van der Waals surface area contributed by atoms with E-state index in [1.165, 1.54) is 6.42 Å². The van der Waals surface area contributed by atoms with Crippen molar-refractivity contribution < 1.29 is 19.6 Å². The highest BCUT2D eigenvalue weighted by Gasteiger charge is 2.49. The van der Waals surface area contributed by atoms with Crippen LogP contribution in [0.4, 0.5) is 0 Å².